The molecule has 0 radical (unpaired) electrons. The van der Waals surface area contributed by atoms with Gasteiger partial charge in [0.05, 0.1) is 12.7 Å². The Morgan fingerprint density at radius 3 is 2.68 bits per heavy atom. The molecule has 126 valence electrons. The number of aryl methyl sites for hydroxylation is 2. The molecule has 0 saturated carbocycles. The van der Waals surface area contributed by atoms with E-state index in [9.17, 15) is 10.1 Å². The van der Waals surface area contributed by atoms with Gasteiger partial charge in [0.15, 0.2) is 0 Å². The number of benzene rings is 1. The molecule has 0 aliphatic rings. The van der Waals surface area contributed by atoms with E-state index in [1.807, 2.05) is 26.0 Å². The standard InChI is InChI=1S/C19H18N4O2/c1-10-5-6-15(25-4)11(2)16(10)13-7-14(18(21)24)22-19-17(13)12(8-20)9-23(19)3/h5-7,9H,1-4H3,(H2,21,24). The number of ether oxygens (including phenoxy) is 1. The number of fused-ring (bicyclic) bond motifs is 1. The molecule has 0 spiro atoms. The molecule has 0 aliphatic heterocycles. The third kappa shape index (κ3) is 2.50. The Morgan fingerprint density at radius 1 is 1.36 bits per heavy atom. The van der Waals surface area contributed by atoms with Gasteiger partial charge in [0, 0.05) is 18.6 Å². The van der Waals surface area contributed by atoms with Crippen molar-refractivity contribution in [3.8, 4) is 22.9 Å². The normalized spacial score (nSPS) is 10.7. The highest BCUT2D eigenvalue weighted by Gasteiger charge is 2.20. The van der Waals surface area contributed by atoms with Crippen LogP contribution in [0.2, 0.25) is 0 Å². The van der Waals surface area contributed by atoms with Crippen molar-refractivity contribution >= 4 is 16.9 Å². The van der Waals surface area contributed by atoms with Gasteiger partial charge in [-0.25, -0.2) is 4.98 Å². The first-order valence-corrected chi connectivity index (χ1v) is 7.73. The molecule has 0 atom stereocenters. The first-order chi connectivity index (χ1) is 11.9. The number of hydrogen-bond donors (Lipinski definition) is 1. The predicted molar refractivity (Wildman–Crippen MR) is 95.4 cm³/mol. The molecule has 2 heterocycles. The first kappa shape index (κ1) is 16.5. The van der Waals surface area contributed by atoms with Gasteiger partial charge >= 0.3 is 0 Å². The second-order valence-corrected chi connectivity index (χ2v) is 5.97. The van der Waals surface area contributed by atoms with E-state index < -0.39 is 5.91 Å². The molecule has 3 rings (SSSR count). The second kappa shape index (κ2) is 5.95. The number of pyridine rings is 1. The van der Waals surface area contributed by atoms with Crippen LogP contribution in [0, 0.1) is 25.2 Å². The van der Waals surface area contributed by atoms with Crippen LogP contribution >= 0.6 is 0 Å². The first-order valence-electron chi connectivity index (χ1n) is 7.73. The van der Waals surface area contributed by atoms with E-state index >= 15 is 0 Å². The largest absolute Gasteiger partial charge is 0.496 e. The number of nitriles is 1. The average molecular weight is 334 g/mol. The summed E-state index contributed by atoms with van der Waals surface area (Å²) in [4.78, 5) is 16.1. The van der Waals surface area contributed by atoms with Crippen LogP contribution in [0.4, 0.5) is 0 Å². The molecule has 6 nitrogen and oxygen atoms in total. The summed E-state index contributed by atoms with van der Waals surface area (Å²) < 4.78 is 7.17. The van der Waals surface area contributed by atoms with Gasteiger partial charge in [0.25, 0.3) is 5.91 Å². The van der Waals surface area contributed by atoms with Gasteiger partial charge in [-0.2, -0.15) is 5.26 Å². The summed E-state index contributed by atoms with van der Waals surface area (Å²) in [7, 11) is 3.40. The molecule has 0 fully saturated rings. The SMILES string of the molecule is COc1ccc(C)c(-c2cc(C(N)=O)nc3c2c(C#N)cn3C)c1C. The molecule has 0 bridgehead atoms. The summed E-state index contributed by atoms with van der Waals surface area (Å²) >= 11 is 0. The van der Waals surface area contributed by atoms with Gasteiger partial charge in [0.2, 0.25) is 0 Å². The number of primary amides is 1. The topological polar surface area (TPSA) is 93.9 Å². The number of nitrogens with two attached hydrogens (primary N) is 1. The number of aromatic nitrogens is 2. The maximum atomic E-state index is 11.8. The van der Waals surface area contributed by atoms with Crippen molar-refractivity contribution in [3.63, 3.8) is 0 Å². The lowest BCUT2D eigenvalue weighted by atomic mass is 9.92. The van der Waals surface area contributed by atoms with Crippen LogP contribution in [0.15, 0.2) is 24.4 Å². The fourth-order valence-electron chi connectivity index (χ4n) is 3.24. The lowest BCUT2D eigenvalue weighted by molar-refractivity contribution is 0.0996. The van der Waals surface area contributed by atoms with Gasteiger partial charge in [-0.1, -0.05) is 6.07 Å². The van der Waals surface area contributed by atoms with E-state index in [-0.39, 0.29) is 5.69 Å². The molecule has 6 heteroatoms. The number of amides is 1. The molecule has 3 aromatic rings. The molecular formula is C19H18N4O2. The Kier molecular flexibility index (Phi) is 3.93. The highest BCUT2D eigenvalue weighted by atomic mass is 16.5. The van der Waals surface area contributed by atoms with Gasteiger partial charge in [-0.3, -0.25) is 4.79 Å². The molecule has 0 unspecified atom stereocenters. The van der Waals surface area contributed by atoms with E-state index in [1.165, 1.54) is 0 Å². The molecular weight excluding hydrogens is 316 g/mol. The summed E-state index contributed by atoms with van der Waals surface area (Å²) in [5.74, 6) is 0.127. The molecule has 1 amide bonds. The lowest BCUT2D eigenvalue weighted by Gasteiger charge is -2.15. The third-order valence-electron chi connectivity index (χ3n) is 4.41. The van der Waals surface area contributed by atoms with E-state index in [0.717, 1.165) is 28.0 Å². The minimum atomic E-state index is -0.610. The van der Waals surface area contributed by atoms with Gasteiger partial charge in [-0.15, -0.1) is 0 Å². The number of hydrogen-bond acceptors (Lipinski definition) is 4. The van der Waals surface area contributed by atoms with Crippen LogP contribution in [0.5, 0.6) is 5.75 Å². The van der Waals surface area contributed by atoms with E-state index in [1.54, 1.807) is 31.0 Å². The zero-order valence-electron chi connectivity index (χ0n) is 14.5. The van der Waals surface area contributed by atoms with Crippen LogP contribution in [0.25, 0.3) is 22.2 Å². The summed E-state index contributed by atoms with van der Waals surface area (Å²) in [6, 6.07) is 7.71. The van der Waals surface area contributed by atoms with Crippen LogP contribution in [0.3, 0.4) is 0 Å². The Hall–Kier alpha value is -3.33. The van der Waals surface area contributed by atoms with Crippen LogP contribution < -0.4 is 10.5 Å². The summed E-state index contributed by atoms with van der Waals surface area (Å²) in [6.07, 6.45) is 1.71. The Morgan fingerprint density at radius 2 is 2.08 bits per heavy atom. The van der Waals surface area contributed by atoms with Crippen molar-refractivity contribution in [2.45, 2.75) is 13.8 Å². The van der Waals surface area contributed by atoms with Crippen molar-refractivity contribution in [1.29, 1.82) is 5.26 Å². The number of nitrogens with zero attached hydrogens (tertiary/aromatic N) is 3. The number of rotatable bonds is 3. The summed E-state index contributed by atoms with van der Waals surface area (Å²) in [6.45, 7) is 3.93. The number of carbonyl (C=O) groups is 1. The maximum Gasteiger partial charge on any atom is 0.267 e. The van der Waals surface area contributed by atoms with Crippen LogP contribution in [0.1, 0.15) is 27.2 Å². The highest BCUT2D eigenvalue weighted by Crippen LogP contribution is 2.38. The minimum Gasteiger partial charge on any atom is -0.496 e. The van der Waals surface area contributed by atoms with E-state index in [4.69, 9.17) is 10.5 Å². The number of methoxy groups -OCH3 is 1. The Bertz CT molecular complexity index is 1060. The fourth-order valence-corrected chi connectivity index (χ4v) is 3.24. The Labute approximate surface area is 145 Å². The van der Waals surface area contributed by atoms with Crippen LogP contribution in [-0.2, 0) is 7.05 Å². The zero-order valence-corrected chi connectivity index (χ0v) is 14.5. The second-order valence-electron chi connectivity index (χ2n) is 5.97. The molecule has 2 aromatic heterocycles. The van der Waals surface area contributed by atoms with E-state index in [2.05, 4.69) is 11.1 Å². The monoisotopic (exact) mass is 334 g/mol. The fraction of sp³-hybridized carbons (Fsp3) is 0.211. The zero-order chi connectivity index (χ0) is 18.3. The molecule has 25 heavy (non-hydrogen) atoms. The molecule has 0 aliphatic carbocycles. The lowest BCUT2D eigenvalue weighted by Crippen LogP contribution is -2.14. The number of carbonyl (C=O) groups excluding carboxylic acids is 1. The quantitative estimate of drug-likeness (QED) is 0.797. The molecule has 2 N–H and O–H groups in total. The molecule has 1 aromatic carbocycles. The van der Waals surface area contributed by atoms with Gasteiger partial charge in [-0.05, 0) is 48.2 Å². The van der Waals surface area contributed by atoms with Gasteiger partial charge < -0.3 is 15.0 Å². The molecule has 0 saturated heterocycles. The van der Waals surface area contributed by atoms with Crippen LogP contribution in [-0.4, -0.2) is 22.6 Å². The van der Waals surface area contributed by atoms with Crippen molar-refractivity contribution < 1.29 is 9.53 Å². The average Bonchev–Trinajstić information content (AvgIpc) is 2.91. The highest BCUT2D eigenvalue weighted by molar-refractivity contribution is 6.03. The minimum absolute atomic E-state index is 0.162. The summed E-state index contributed by atoms with van der Waals surface area (Å²) in [5.41, 5.74) is 10.3. The van der Waals surface area contributed by atoms with E-state index in [0.29, 0.717) is 16.6 Å². The maximum absolute atomic E-state index is 11.8. The third-order valence-corrected chi connectivity index (χ3v) is 4.41. The van der Waals surface area contributed by atoms with Crippen molar-refractivity contribution in [1.82, 2.24) is 9.55 Å². The Balaban J connectivity index is 2.52. The van der Waals surface area contributed by atoms with Crippen molar-refractivity contribution in [2.24, 2.45) is 12.8 Å². The summed E-state index contributed by atoms with van der Waals surface area (Å²) in [5, 5.41) is 10.2. The van der Waals surface area contributed by atoms with Crippen molar-refractivity contribution in [2.75, 3.05) is 7.11 Å². The predicted octanol–water partition coefficient (Wildman–Crippen LogP) is 2.84. The van der Waals surface area contributed by atoms with Gasteiger partial charge in [0.1, 0.15) is 23.2 Å². The smallest absolute Gasteiger partial charge is 0.267 e. The van der Waals surface area contributed by atoms with Crippen molar-refractivity contribution in [3.05, 3.63) is 46.8 Å².